The molecule has 0 aliphatic heterocycles. The molecule has 0 unspecified atom stereocenters. The minimum absolute atomic E-state index is 0.177. The Morgan fingerprint density at radius 1 is 0.619 bits per heavy atom. The summed E-state index contributed by atoms with van der Waals surface area (Å²) in [4.78, 5) is 0. The van der Waals surface area contributed by atoms with Crippen LogP contribution in [0.1, 0.15) is 5.56 Å². The number of hydrogen-bond acceptors (Lipinski definition) is 1. The third-order valence-electron chi connectivity index (χ3n) is 4.24. The molecule has 1 nitrogen and oxygen atoms in total. The zero-order chi connectivity index (χ0) is 14.2. The topological polar surface area (TPSA) is 20.2 Å². The average molecular weight is 272 g/mol. The zero-order valence-corrected chi connectivity index (χ0v) is 11.7. The second-order valence-corrected chi connectivity index (χ2v) is 5.43. The molecule has 4 rings (SSSR count). The Hall–Kier alpha value is -2.38. The van der Waals surface area contributed by atoms with E-state index in [0.29, 0.717) is 6.42 Å². The van der Waals surface area contributed by atoms with Crippen LogP contribution < -0.4 is 0 Å². The normalized spacial score (nSPS) is 11.5. The summed E-state index contributed by atoms with van der Waals surface area (Å²) in [5.41, 5.74) is 1.25. The Bertz CT molecular complexity index is 954. The maximum atomic E-state index is 9.45. The van der Waals surface area contributed by atoms with Crippen LogP contribution in [-0.2, 0) is 6.42 Å². The standard InChI is InChI=1S/C20H16O/c21-12-11-19-17-8-4-2-6-15(17)13-20-16-7-3-1-5-14(16)9-10-18(19)20/h1-10,13,21H,11-12H2. The first-order valence-electron chi connectivity index (χ1n) is 7.31. The summed E-state index contributed by atoms with van der Waals surface area (Å²) in [6.07, 6.45) is 0.691. The Balaban J connectivity index is 2.24. The van der Waals surface area contributed by atoms with E-state index in [1.54, 1.807) is 0 Å². The van der Waals surface area contributed by atoms with Crippen LogP contribution in [0.15, 0.2) is 66.7 Å². The smallest absolute Gasteiger partial charge is 0.0471 e. The second-order valence-electron chi connectivity index (χ2n) is 5.43. The van der Waals surface area contributed by atoms with Gasteiger partial charge in [0.2, 0.25) is 0 Å². The first kappa shape index (κ1) is 12.4. The molecule has 1 N–H and O–H groups in total. The van der Waals surface area contributed by atoms with Gasteiger partial charge in [-0.05, 0) is 50.4 Å². The molecular formula is C20H16O. The number of rotatable bonds is 2. The van der Waals surface area contributed by atoms with Gasteiger partial charge in [-0.15, -0.1) is 0 Å². The molecule has 21 heavy (non-hydrogen) atoms. The highest BCUT2D eigenvalue weighted by Gasteiger charge is 2.09. The summed E-state index contributed by atoms with van der Waals surface area (Å²) in [6, 6.07) is 23.6. The lowest BCUT2D eigenvalue weighted by atomic mass is 9.92. The third-order valence-corrected chi connectivity index (χ3v) is 4.24. The van der Waals surface area contributed by atoms with Gasteiger partial charge >= 0.3 is 0 Å². The van der Waals surface area contributed by atoms with Gasteiger partial charge in [0.25, 0.3) is 0 Å². The van der Waals surface area contributed by atoms with Crippen molar-refractivity contribution in [1.82, 2.24) is 0 Å². The van der Waals surface area contributed by atoms with Gasteiger partial charge < -0.3 is 5.11 Å². The largest absolute Gasteiger partial charge is 0.396 e. The lowest BCUT2D eigenvalue weighted by Gasteiger charge is -2.12. The fourth-order valence-electron chi connectivity index (χ4n) is 3.29. The van der Waals surface area contributed by atoms with Crippen LogP contribution in [0.3, 0.4) is 0 Å². The molecule has 0 atom stereocenters. The Morgan fingerprint density at radius 3 is 2.14 bits per heavy atom. The lowest BCUT2D eigenvalue weighted by Crippen LogP contribution is -1.94. The number of fused-ring (bicyclic) bond motifs is 4. The summed E-state index contributed by atoms with van der Waals surface area (Å²) < 4.78 is 0. The molecule has 0 saturated carbocycles. The van der Waals surface area contributed by atoms with Crippen LogP contribution in [0.25, 0.3) is 32.3 Å². The number of aliphatic hydroxyl groups is 1. The van der Waals surface area contributed by atoms with E-state index in [4.69, 9.17) is 0 Å². The van der Waals surface area contributed by atoms with Crippen molar-refractivity contribution in [3.8, 4) is 0 Å². The van der Waals surface area contributed by atoms with Gasteiger partial charge in [0, 0.05) is 6.61 Å². The first-order chi connectivity index (χ1) is 10.4. The summed E-state index contributed by atoms with van der Waals surface area (Å²) in [5.74, 6) is 0. The third kappa shape index (κ3) is 1.90. The van der Waals surface area contributed by atoms with Crippen LogP contribution in [0.5, 0.6) is 0 Å². The van der Waals surface area contributed by atoms with Crippen molar-refractivity contribution in [3.63, 3.8) is 0 Å². The Labute approximate surface area is 123 Å². The predicted molar refractivity (Wildman–Crippen MR) is 89.7 cm³/mol. The van der Waals surface area contributed by atoms with Gasteiger partial charge in [0.15, 0.2) is 0 Å². The first-order valence-corrected chi connectivity index (χ1v) is 7.31. The lowest BCUT2D eigenvalue weighted by molar-refractivity contribution is 0.300. The van der Waals surface area contributed by atoms with E-state index in [9.17, 15) is 5.11 Å². The maximum absolute atomic E-state index is 9.45. The van der Waals surface area contributed by atoms with Crippen LogP contribution in [-0.4, -0.2) is 11.7 Å². The monoisotopic (exact) mass is 272 g/mol. The molecule has 102 valence electrons. The van der Waals surface area contributed by atoms with Crippen LogP contribution in [0.2, 0.25) is 0 Å². The molecule has 4 aromatic rings. The average Bonchev–Trinajstić information content (AvgIpc) is 2.55. The van der Waals surface area contributed by atoms with Gasteiger partial charge in [-0.1, -0.05) is 60.7 Å². The van der Waals surface area contributed by atoms with Crippen molar-refractivity contribution in [2.24, 2.45) is 0 Å². The molecule has 1 heteroatoms. The highest BCUT2D eigenvalue weighted by Crippen LogP contribution is 2.33. The van der Waals surface area contributed by atoms with Crippen LogP contribution in [0, 0.1) is 0 Å². The van der Waals surface area contributed by atoms with Gasteiger partial charge in [-0.2, -0.15) is 0 Å². The molecule has 0 saturated heterocycles. The highest BCUT2D eigenvalue weighted by atomic mass is 16.2. The van der Waals surface area contributed by atoms with Crippen molar-refractivity contribution in [3.05, 3.63) is 72.3 Å². The maximum Gasteiger partial charge on any atom is 0.0471 e. The van der Waals surface area contributed by atoms with Crippen LogP contribution in [0.4, 0.5) is 0 Å². The number of benzene rings is 4. The van der Waals surface area contributed by atoms with Gasteiger partial charge in [0.1, 0.15) is 0 Å². The molecule has 4 aromatic carbocycles. The van der Waals surface area contributed by atoms with E-state index in [2.05, 4.69) is 66.7 Å². The number of hydrogen-bond donors (Lipinski definition) is 1. The molecule has 0 bridgehead atoms. The minimum Gasteiger partial charge on any atom is -0.396 e. The van der Waals surface area contributed by atoms with E-state index >= 15 is 0 Å². The molecule has 0 heterocycles. The summed E-state index contributed by atoms with van der Waals surface area (Å²) in [7, 11) is 0. The molecule has 0 aliphatic carbocycles. The van der Waals surface area contributed by atoms with Crippen molar-refractivity contribution in [1.29, 1.82) is 0 Å². The van der Waals surface area contributed by atoms with E-state index in [1.165, 1.54) is 37.9 Å². The molecule has 0 spiro atoms. The molecule has 0 aliphatic rings. The fourth-order valence-corrected chi connectivity index (χ4v) is 3.29. The van der Waals surface area contributed by atoms with Crippen molar-refractivity contribution in [2.75, 3.05) is 6.61 Å². The summed E-state index contributed by atoms with van der Waals surface area (Å²) in [6.45, 7) is 0.177. The quantitative estimate of drug-likeness (QED) is 0.415. The fraction of sp³-hybridized carbons (Fsp3) is 0.100. The van der Waals surface area contributed by atoms with E-state index in [1.807, 2.05) is 0 Å². The summed E-state index contributed by atoms with van der Waals surface area (Å²) >= 11 is 0. The predicted octanol–water partition coefficient (Wildman–Crippen LogP) is 4.68. The molecule has 0 fully saturated rings. The Kier molecular flexibility index (Phi) is 2.87. The number of aliphatic hydroxyl groups excluding tert-OH is 1. The van der Waals surface area contributed by atoms with Gasteiger partial charge in [0.05, 0.1) is 0 Å². The summed E-state index contributed by atoms with van der Waals surface area (Å²) in [5, 5.41) is 17.0. The van der Waals surface area contributed by atoms with Gasteiger partial charge in [-0.3, -0.25) is 0 Å². The van der Waals surface area contributed by atoms with Crippen molar-refractivity contribution >= 4 is 32.3 Å². The molecule has 0 amide bonds. The highest BCUT2D eigenvalue weighted by molar-refractivity contribution is 6.14. The molecular weight excluding hydrogens is 256 g/mol. The molecule has 0 aromatic heterocycles. The van der Waals surface area contributed by atoms with E-state index < -0.39 is 0 Å². The SMILES string of the molecule is OCCc1c2ccccc2cc2c1ccc1ccccc12. The molecule has 0 radical (unpaired) electrons. The zero-order valence-electron chi connectivity index (χ0n) is 11.7. The minimum atomic E-state index is 0.177. The second kappa shape index (κ2) is 4.87. The van der Waals surface area contributed by atoms with Crippen LogP contribution >= 0.6 is 0 Å². The van der Waals surface area contributed by atoms with E-state index in [-0.39, 0.29) is 6.61 Å². The van der Waals surface area contributed by atoms with Crippen molar-refractivity contribution < 1.29 is 5.11 Å². The van der Waals surface area contributed by atoms with E-state index in [0.717, 1.165) is 0 Å². The van der Waals surface area contributed by atoms with Crippen molar-refractivity contribution in [2.45, 2.75) is 6.42 Å². The Morgan fingerprint density at radius 2 is 1.33 bits per heavy atom. The van der Waals surface area contributed by atoms with Gasteiger partial charge in [-0.25, -0.2) is 0 Å².